The van der Waals surface area contributed by atoms with Crippen LogP contribution in [0.3, 0.4) is 0 Å². The first-order valence-corrected chi connectivity index (χ1v) is 49.5. The lowest BCUT2D eigenvalue weighted by Crippen LogP contribution is -2.00. The molecule has 0 saturated carbocycles. The molecule has 144 heavy (non-hydrogen) atoms. The Bertz CT molecular complexity index is 10200. The number of rotatable bonds is 6. The summed E-state index contributed by atoms with van der Waals surface area (Å²) in [5.41, 5.74) is 36.1. The molecular formula is C136H80N8. The molecule has 0 unspecified atom stereocenters. The maximum absolute atomic E-state index is 5.25. The van der Waals surface area contributed by atoms with Crippen LogP contribution in [0.1, 0.15) is 0 Å². The monoisotopic (exact) mass is 1820 g/mol. The fourth-order valence-electron chi connectivity index (χ4n) is 25.1. The quantitative estimate of drug-likeness (QED) is 0.166. The number of pyridine rings is 2. The Morgan fingerprint density at radius 2 is 0.444 bits per heavy atom. The third-order valence-electron chi connectivity index (χ3n) is 30.9. The van der Waals surface area contributed by atoms with E-state index in [0.717, 1.165) is 28.4 Å². The van der Waals surface area contributed by atoms with Gasteiger partial charge < -0.3 is 4.57 Å². The Labute approximate surface area is 826 Å². The van der Waals surface area contributed by atoms with Gasteiger partial charge in [-0.3, -0.25) is 13.7 Å². The molecule has 0 saturated heterocycles. The minimum Gasteiger partial charge on any atom is -0.309 e. The number of hydrogen-bond donors (Lipinski definition) is 0. The highest BCUT2D eigenvalue weighted by molar-refractivity contribution is 6.39. The summed E-state index contributed by atoms with van der Waals surface area (Å²) in [4.78, 5) is 19.4. The lowest BCUT2D eigenvalue weighted by Gasteiger charge is -2.16. The Kier molecular flexibility index (Phi) is 17.2. The molecule has 34 rings (SSSR count). The van der Waals surface area contributed by atoms with Crippen LogP contribution in [0.2, 0.25) is 0 Å². The van der Waals surface area contributed by atoms with Crippen LogP contribution >= 0.6 is 0 Å². The van der Waals surface area contributed by atoms with E-state index < -0.39 is 0 Å². The molecule has 8 heteroatoms. The molecule has 4 aliphatic carbocycles. The largest absolute Gasteiger partial charge is 0.309 e. The third kappa shape index (κ3) is 11.6. The summed E-state index contributed by atoms with van der Waals surface area (Å²) in [6.07, 6.45) is 5.52. The number of hydrogen-bond acceptors (Lipinski definition) is 4. The van der Waals surface area contributed by atoms with Crippen molar-refractivity contribution in [2.45, 2.75) is 0 Å². The maximum atomic E-state index is 5.25. The molecule has 664 valence electrons. The van der Waals surface area contributed by atoms with Gasteiger partial charge in [0, 0.05) is 94.5 Å². The summed E-state index contributed by atoms with van der Waals surface area (Å²) < 4.78 is 9.52. The highest BCUT2D eigenvalue weighted by atomic mass is 15.2. The van der Waals surface area contributed by atoms with E-state index in [-0.39, 0.29) is 0 Å². The molecule has 0 amide bonds. The first-order valence-electron chi connectivity index (χ1n) is 49.5. The Hall–Kier alpha value is -19.3. The fraction of sp³-hybridized carbons (Fsp3) is 0. The molecule has 0 fully saturated rings. The van der Waals surface area contributed by atoms with Gasteiger partial charge in [-0.2, -0.15) is 0 Å². The smallest absolute Gasteiger partial charge is 0.234 e. The third-order valence-corrected chi connectivity index (χ3v) is 30.9. The molecule has 0 atom stereocenters. The topological polar surface area (TPSA) is 71.3 Å². The van der Waals surface area contributed by atoms with Crippen molar-refractivity contribution >= 4 is 173 Å². The van der Waals surface area contributed by atoms with Crippen molar-refractivity contribution in [1.29, 1.82) is 0 Å². The van der Waals surface area contributed by atoms with Crippen LogP contribution < -0.4 is 0 Å². The first-order chi connectivity index (χ1) is 71.5. The van der Waals surface area contributed by atoms with Gasteiger partial charge in [-0.1, -0.05) is 376 Å². The number of aromatic nitrogens is 8. The van der Waals surface area contributed by atoms with Crippen LogP contribution in [0, 0.1) is 0 Å². The molecule has 0 N–H and O–H groups in total. The second-order valence-electron chi connectivity index (χ2n) is 38.4. The molecule has 8 nitrogen and oxygen atoms in total. The predicted octanol–water partition coefficient (Wildman–Crippen LogP) is 35.9. The van der Waals surface area contributed by atoms with Crippen LogP contribution in [0.5, 0.6) is 0 Å². The molecule has 4 aliphatic rings. The molecule has 0 aliphatic heterocycles. The number of benzene rings is 23. The van der Waals surface area contributed by atoms with Crippen molar-refractivity contribution in [2.24, 2.45) is 0 Å². The number of nitrogens with zero attached hydrogens (tertiary/aromatic N) is 8. The van der Waals surface area contributed by atoms with E-state index in [9.17, 15) is 0 Å². The van der Waals surface area contributed by atoms with Crippen molar-refractivity contribution in [3.8, 4) is 135 Å². The molecule has 0 spiro atoms. The van der Waals surface area contributed by atoms with Crippen molar-refractivity contribution in [1.82, 2.24) is 38.2 Å². The summed E-state index contributed by atoms with van der Waals surface area (Å²) in [5, 5.41) is 30.8. The summed E-state index contributed by atoms with van der Waals surface area (Å²) in [7, 11) is 0. The van der Waals surface area contributed by atoms with Crippen LogP contribution in [-0.2, 0) is 0 Å². The van der Waals surface area contributed by atoms with Gasteiger partial charge in [-0.15, -0.1) is 0 Å². The maximum Gasteiger partial charge on any atom is 0.234 e. The van der Waals surface area contributed by atoms with Crippen LogP contribution in [0.4, 0.5) is 0 Å². The summed E-state index contributed by atoms with van der Waals surface area (Å²) in [5.74, 6) is 2.58. The van der Waals surface area contributed by atoms with Crippen molar-refractivity contribution in [3.05, 3.63) is 486 Å². The Balaban J connectivity index is 0.0000000879. The molecule has 30 aromatic rings. The molecule has 7 heterocycles. The van der Waals surface area contributed by atoms with Crippen LogP contribution in [0.25, 0.3) is 308 Å². The predicted molar refractivity (Wildman–Crippen MR) is 603 cm³/mol. The van der Waals surface area contributed by atoms with Crippen LogP contribution in [-0.4, -0.2) is 38.2 Å². The lowest BCUT2D eigenvalue weighted by molar-refractivity contribution is 0.991. The first kappa shape index (κ1) is 79.7. The second kappa shape index (κ2) is 31.1. The summed E-state index contributed by atoms with van der Waals surface area (Å²) in [6.45, 7) is 0. The molecule has 0 bridgehead atoms. The molecule has 0 radical (unpaired) electrons. The minimum absolute atomic E-state index is 0.700. The van der Waals surface area contributed by atoms with Gasteiger partial charge in [0.15, 0.2) is 0 Å². The van der Waals surface area contributed by atoms with Gasteiger partial charge >= 0.3 is 0 Å². The average Bonchev–Trinajstić information content (AvgIpc) is 1.55. The normalized spacial score (nSPS) is 12.2. The number of fused-ring (bicyclic) bond motifs is 20. The fourth-order valence-corrected chi connectivity index (χ4v) is 25.1. The summed E-state index contributed by atoms with van der Waals surface area (Å²) >= 11 is 0. The van der Waals surface area contributed by atoms with Crippen molar-refractivity contribution < 1.29 is 0 Å². The average molecular weight is 1830 g/mol. The van der Waals surface area contributed by atoms with Crippen LogP contribution in [0.15, 0.2) is 486 Å². The highest BCUT2D eigenvalue weighted by Gasteiger charge is 2.34. The zero-order chi connectivity index (χ0) is 94.0. The van der Waals surface area contributed by atoms with Crippen molar-refractivity contribution in [2.75, 3.05) is 0 Å². The molecule has 7 aromatic heterocycles. The standard InChI is InChI=1S/C38H23N.C37H22N2.C31H18N2.C30H17N3/c1-2-10-24(11-3-1)26-14-8-15-28(22-26)39-34-21-20-25-13-9-19-32-30-17-6-7-18-31(30)33-23-27-12-4-5-16-29(27)38(39)36(33)37(34)35(25)32;1-2-10-23(11-3-1)31-18-9-19-33(38-31)39-32-21-20-24-13-8-17-29-27-15-6-7-16-28(27)30-22-25-12-4-5-14-26(25)37(39)35(30)36(32)34(24)29;1-2-10-21-20(8-1)18-25-23-12-4-3-11-22(23)24-13-7-9-19-15-16-26-30(28(19)24)29(25)31(21)33(26)27-14-5-6-17-32-27;1-2-9-20-19(7-1)17-24-22-11-4-3-10-21(22)23-12-5-8-18-13-14-25-28(26(18)23)27(24)29(20)33(25)30-31-15-6-16-32-30/h1-23H;1-22H;1-18H;1-17H. The van der Waals surface area contributed by atoms with E-state index in [1.807, 2.05) is 36.8 Å². The van der Waals surface area contributed by atoms with Gasteiger partial charge in [0.05, 0.1) is 49.8 Å². The zero-order valence-electron chi connectivity index (χ0n) is 77.8. The Morgan fingerprint density at radius 1 is 0.153 bits per heavy atom. The SMILES string of the molecule is c1ccc(-c2cccc(-n3c4ccc5cccc6c5c4c4c(cc5ccccc5c43)-c3ccccc3-6)c2)cc1.c1ccc(-c2cccc(-n3c4ccc5cccc6c5c4c4c(cc5ccccc5c43)-c3ccccc3-6)n2)cc1.c1ccc(-n2c3ccc4cccc5c4c3c3c(cc4ccccc4c32)-c2ccccc2-5)nc1.c1cnc(-n2c3ccc4cccc5c4c3c3c(cc4ccccc4c32)-c2ccccc2-5)nc1. The van der Waals surface area contributed by atoms with E-state index in [1.165, 1.54) is 274 Å². The van der Waals surface area contributed by atoms with E-state index in [0.29, 0.717) is 5.95 Å². The van der Waals surface area contributed by atoms with Gasteiger partial charge in [-0.25, -0.2) is 19.9 Å². The van der Waals surface area contributed by atoms with E-state index in [4.69, 9.17) is 9.97 Å². The van der Waals surface area contributed by atoms with E-state index >= 15 is 0 Å². The van der Waals surface area contributed by atoms with E-state index in [2.05, 4.69) is 477 Å². The highest BCUT2D eigenvalue weighted by Crippen LogP contribution is 2.58. The van der Waals surface area contributed by atoms with Gasteiger partial charge in [-0.05, 0) is 256 Å². The van der Waals surface area contributed by atoms with Crippen molar-refractivity contribution in [3.63, 3.8) is 0 Å². The minimum atomic E-state index is 0.700. The lowest BCUT2D eigenvalue weighted by atomic mass is 9.92. The molecule has 23 aromatic carbocycles. The zero-order valence-corrected chi connectivity index (χ0v) is 77.8. The summed E-state index contributed by atoms with van der Waals surface area (Å²) in [6, 6.07) is 169. The Morgan fingerprint density at radius 3 is 0.847 bits per heavy atom. The van der Waals surface area contributed by atoms with Gasteiger partial charge in [0.2, 0.25) is 5.95 Å². The molecular weight excluding hydrogens is 1750 g/mol. The van der Waals surface area contributed by atoms with E-state index in [1.54, 1.807) is 0 Å². The van der Waals surface area contributed by atoms with Gasteiger partial charge in [0.25, 0.3) is 0 Å². The second-order valence-corrected chi connectivity index (χ2v) is 38.4. The van der Waals surface area contributed by atoms with Gasteiger partial charge in [0.1, 0.15) is 11.6 Å².